The van der Waals surface area contributed by atoms with Gasteiger partial charge in [0.2, 0.25) is 0 Å². The Kier molecular flexibility index (Phi) is 4.34. The summed E-state index contributed by atoms with van der Waals surface area (Å²) in [6.07, 6.45) is 10.2. The van der Waals surface area contributed by atoms with E-state index in [-0.39, 0.29) is 5.41 Å². The van der Waals surface area contributed by atoms with Crippen molar-refractivity contribution in [2.45, 2.75) is 71.6 Å². The SMILES string of the molecule is CCC1CCCC(C(=O)O)(C2CCCC(C)C2)C1. The van der Waals surface area contributed by atoms with Gasteiger partial charge in [-0.05, 0) is 43.4 Å². The summed E-state index contributed by atoms with van der Waals surface area (Å²) in [4.78, 5) is 11.9. The summed E-state index contributed by atoms with van der Waals surface area (Å²) in [5.41, 5.74) is -0.381. The number of hydrogen-bond acceptors (Lipinski definition) is 1. The Hall–Kier alpha value is -0.530. The van der Waals surface area contributed by atoms with E-state index in [0.717, 1.165) is 44.4 Å². The molecule has 2 aliphatic rings. The summed E-state index contributed by atoms with van der Waals surface area (Å²) in [6, 6.07) is 0. The van der Waals surface area contributed by atoms with Crippen LogP contribution in [0.4, 0.5) is 0 Å². The van der Waals surface area contributed by atoms with Gasteiger partial charge in [0.05, 0.1) is 5.41 Å². The van der Waals surface area contributed by atoms with Gasteiger partial charge in [0.1, 0.15) is 0 Å². The Morgan fingerprint density at radius 1 is 1.28 bits per heavy atom. The highest BCUT2D eigenvalue weighted by atomic mass is 16.4. The van der Waals surface area contributed by atoms with Crippen molar-refractivity contribution in [2.24, 2.45) is 23.2 Å². The highest BCUT2D eigenvalue weighted by molar-refractivity contribution is 5.75. The molecule has 2 heteroatoms. The van der Waals surface area contributed by atoms with Crippen LogP contribution in [0, 0.1) is 23.2 Å². The molecule has 0 aromatic carbocycles. The van der Waals surface area contributed by atoms with E-state index in [9.17, 15) is 9.90 Å². The number of aliphatic carboxylic acids is 1. The first-order valence-corrected chi connectivity index (χ1v) is 7.82. The van der Waals surface area contributed by atoms with Crippen molar-refractivity contribution in [1.82, 2.24) is 0 Å². The summed E-state index contributed by atoms with van der Waals surface area (Å²) in [6.45, 7) is 4.51. The Labute approximate surface area is 111 Å². The van der Waals surface area contributed by atoms with Crippen LogP contribution < -0.4 is 0 Å². The van der Waals surface area contributed by atoms with Crippen LogP contribution in [0.15, 0.2) is 0 Å². The van der Waals surface area contributed by atoms with Gasteiger partial charge in [-0.25, -0.2) is 0 Å². The van der Waals surface area contributed by atoms with Crippen molar-refractivity contribution < 1.29 is 9.90 Å². The molecule has 0 aliphatic heterocycles. The van der Waals surface area contributed by atoms with Crippen LogP contribution in [0.5, 0.6) is 0 Å². The van der Waals surface area contributed by atoms with Crippen molar-refractivity contribution in [2.75, 3.05) is 0 Å². The minimum atomic E-state index is -0.500. The Balaban J connectivity index is 2.17. The van der Waals surface area contributed by atoms with Gasteiger partial charge >= 0.3 is 5.97 Å². The smallest absolute Gasteiger partial charge is 0.309 e. The summed E-state index contributed by atoms with van der Waals surface area (Å²) in [7, 11) is 0. The summed E-state index contributed by atoms with van der Waals surface area (Å²) >= 11 is 0. The van der Waals surface area contributed by atoms with Crippen LogP contribution in [0.3, 0.4) is 0 Å². The average molecular weight is 252 g/mol. The maximum absolute atomic E-state index is 11.9. The van der Waals surface area contributed by atoms with Crippen molar-refractivity contribution in [1.29, 1.82) is 0 Å². The Bertz CT molecular complexity index is 299. The fraction of sp³-hybridized carbons (Fsp3) is 0.938. The van der Waals surface area contributed by atoms with Crippen LogP contribution in [0.1, 0.15) is 71.6 Å². The molecular weight excluding hydrogens is 224 g/mol. The number of carboxylic acid groups (broad SMARTS) is 1. The molecule has 0 radical (unpaired) electrons. The van der Waals surface area contributed by atoms with Crippen molar-refractivity contribution >= 4 is 5.97 Å². The van der Waals surface area contributed by atoms with Crippen molar-refractivity contribution in [3.05, 3.63) is 0 Å². The molecule has 0 saturated heterocycles. The molecule has 18 heavy (non-hydrogen) atoms. The molecule has 4 atom stereocenters. The quantitative estimate of drug-likeness (QED) is 0.804. The van der Waals surface area contributed by atoms with Gasteiger partial charge in [-0.15, -0.1) is 0 Å². The molecule has 4 unspecified atom stereocenters. The van der Waals surface area contributed by atoms with Crippen molar-refractivity contribution in [3.63, 3.8) is 0 Å². The third-order valence-corrected chi connectivity index (χ3v) is 5.61. The van der Waals surface area contributed by atoms with E-state index < -0.39 is 5.97 Å². The van der Waals surface area contributed by atoms with Gasteiger partial charge < -0.3 is 5.11 Å². The molecule has 2 saturated carbocycles. The van der Waals surface area contributed by atoms with E-state index in [1.54, 1.807) is 0 Å². The predicted molar refractivity (Wildman–Crippen MR) is 73.4 cm³/mol. The van der Waals surface area contributed by atoms with Crippen LogP contribution in [-0.2, 0) is 4.79 Å². The third kappa shape index (κ3) is 2.57. The lowest BCUT2D eigenvalue weighted by Crippen LogP contribution is -2.44. The zero-order chi connectivity index (χ0) is 13.2. The largest absolute Gasteiger partial charge is 0.481 e. The minimum Gasteiger partial charge on any atom is -0.481 e. The Morgan fingerprint density at radius 2 is 2.06 bits per heavy atom. The molecule has 0 heterocycles. The molecule has 0 bridgehead atoms. The number of carbonyl (C=O) groups is 1. The topological polar surface area (TPSA) is 37.3 Å². The minimum absolute atomic E-state index is 0.381. The molecule has 104 valence electrons. The molecule has 1 N–H and O–H groups in total. The lowest BCUT2D eigenvalue weighted by molar-refractivity contribution is -0.158. The zero-order valence-corrected chi connectivity index (χ0v) is 12.0. The van der Waals surface area contributed by atoms with E-state index in [1.807, 2.05) is 0 Å². The second kappa shape index (κ2) is 5.63. The van der Waals surface area contributed by atoms with Gasteiger partial charge in [-0.1, -0.05) is 46.0 Å². The normalized spacial score (nSPS) is 41.6. The average Bonchev–Trinajstić information content (AvgIpc) is 2.38. The molecule has 0 amide bonds. The van der Waals surface area contributed by atoms with Gasteiger partial charge in [0.15, 0.2) is 0 Å². The zero-order valence-electron chi connectivity index (χ0n) is 12.0. The van der Waals surface area contributed by atoms with E-state index in [0.29, 0.717) is 11.8 Å². The van der Waals surface area contributed by atoms with Gasteiger partial charge in [-0.3, -0.25) is 4.79 Å². The summed E-state index contributed by atoms with van der Waals surface area (Å²) in [5, 5.41) is 9.84. The van der Waals surface area contributed by atoms with Crippen LogP contribution in [0.25, 0.3) is 0 Å². The number of rotatable bonds is 3. The maximum Gasteiger partial charge on any atom is 0.309 e. The first kappa shape index (κ1) is 13.9. The standard InChI is InChI=1S/C16H28O2/c1-3-13-7-5-9-16(11-13,15(17)18)14-8-4-6-12(2)10-14/h12-14H,3-11H2,1-2H3,(H,17,18). The molecule has 0 aromatic rings. The highest BCUT2D eigenvalue weighted by Gasteiger charge is 2.48. The molecule has 0 spiro atoms. The number of carboxylic acids is 1. The predicted octanol–water partition coefficient (Wildman–Crippen LogP) is 4.48. The van der Waals surface area contributed by atoms with E-state index in [1.165, 1.54) is 19.3 Å². The highest BCUT2D eigenvalue weighted by Crippen LogP contribution is 2.51. The molecule has 2 fully saturated rings. The Morgan fingerprint density at radius 3 is 2.67 bits per heavy atom. The van der Waals surface area contributed by atoms with Crippen LogP contribution >= 0.6 is 0 Å². The maximum atomic E-state index is 11.9. The molecule has 2 rings (SSSR count). The first-order chi connectivity index (χ1) is 8.58. The van der Waals surface area contributed by atoms with E-state index >= 15 is 0 Å². The van der Waals surface area contributed by atoms with Crippen molar-refractivity contribution in [3.8, 4) is 0 Å². The second-order valence-electron chi connectivity index (χ2n) is 6.80. The summed E-state index contributed by atoms with van der Waals surface area (Å²) < 4.78 is 0. The lowest BCUT2D eigenvalue weighted by Gasteiger charge is -2.45. The molecular formula is C16H28O2. The third-order valence-electron chi connectivity index (χ3n) is 5.61. The molecule has 2 aliphatic carbocycles. The van der Waals surface area contributed by atoms with Gasteiger partial charge in [0.25, 0.3) is 0 Å². The van der Waals surface area contributed by atoms with Gasteiger partial charge in [0, 0.05) is 0 Å². The van der Waals surface area contributed by atoms with Crippen LogP contribution in [-0.4, -0.2) is 11.1 Å². The monoisotopic (exact) mass is 252 g/mol. The van der Waals surface area contributed by atoms with Gasteiger partial charge in [-0.2, -0.15) is 0 Å². The molecule has 2 nitrogen and oxygen atoms in total. The van der Waals surface area contributed by atoms with Crippen LogP contribution in [0.2, 0.25) is 0 Å². The molecule has 0 aromatic heterocycles. The second-order valence-corrected chi connectivity index (χ2v) is 6.80. The summed E-state index contributed by atoms with van der Waals surface area (Å²) in [5.74, 6) is 1.31. The fourth-order valence-corrected chi connectivity index (χ4v) is 4.45. The van der Waals surface area contributed by atoms with E-state index in [2.05, 4.69) is 13.8 Å². The number of hydrogen-bond donors (Lipinski definition) is 1. The fourth-order valence-electron chi connectivity index (χ4n) is 4.45. The van der Waals surface area contributed by atoms with E-state index in [4.69, 9.17) is 0 Å². The lowest BCUT2D eigenvalue weighted by atomic mass is 9.58. The first-order valence-electron chi connectivity index (χ1n) is 7.82.